The zero-order chi connectivity index (χ0) is 15.4. The summed E-state index contributed by atoms with van der Waals surface area (Å²) in [6.07, 6.45) is 3.10. The third-order valence-corrected chi connectivity index (χ3v) is 3.93. The van der Waals surface area contributed by atoms with Gasteiger partial charge < -0.3 is 16.0 Å². The van der Waals surface area contributed by atoms with Crippen LogP contribution in [0.2, 0.25) is 0 Å². The predicted molar refractivity (Wildman–Crippen MR) is 92.3 cm³/mol. The molecule has 2 heterocycles. The van der Waals surface area contributed by atoms with Gasteiger partial charge in [0.1, 0.15) is 0 Å². The molecule has 3 N–H and O–H groups in total. The van der Waals surface area contributed by atoms with Gasteiger partial charge in [0.25, 0.3) is 5.91 Å². The maximum absolute atomic E-state index is 12.1. The standard InChI is InChI=1S/C16H20N4O2.ClH/c21-15(19-11-12-5-7-17-8-6-12)13-1-3-14(4-2-13)20-10-9-18-16(20)22;/h1-5,17H,6-11H2,(H,18,22)(H,19,21);1H. The first kappa shape index (κ1) is 17.3. The molecule has 0 atom stereocenters. The van der Waals surface area contributed by atoms with Crippen LogP contribution in [0.3, 0.4) is 0 Å². The Hall–Kier alpha value is -2.05. The number of hydrogen-bond donors (Lipinski definition) is 3. The van der Waals surface area contributed by atoms with E-state index < -0.39 is 0 Å². The summed E-state index contributed by atoms with van der Waals surface area (Å²) in [6.45, 7) is 3.75. The summed E-state index contributed by atoms with van der Waals surface area (Å²) in [7, 11) is 0. The first-order valence-corrected chi connectivity index (χ1v) is 7.56. The molecule has 0 aromatic heterocycles. The zero-order valence-electron chi connectivity index (χ0n) is 12.8. The average Bonchev–Trinajstić information content (AvgIpc) is 3.00. The molecule has 0 aliphatic carbocycles. The Morgan fingerprint density at radius 3 is 2.61 bits per heavy atom. The van der Waals surface area contributed by atoms with E-state index in [9.17, 15) is 9.59 Å². The van der Waals surface area contributed by atoms with Crippen LogP contribution in [0.15, 0.2) is 35.9 Å². The molecule has 2 aliphatic rings. The summed E-state index contributed by atoms with van der Waals surface area (Å²) in [5, 5.41) is 8.94. The van der Waals surface area contributed by atoms with Gasteiger partial charge in [-0.05, 0) is 37.2 Å². The molecule has 0 bridgehead atoms. The molecule has 7 heteroatoms. The molecule has 0 radical (unpaired) electrons. The molecule has 124 valence electrons. The van der Waals surface area contributed by atoms with Crippen LogP contribution in [0.1, 0.15) is 16.8 Å². The molecule has 2 aliphatic heterocycles. The van der Waals surface area contributed by atoms with Crippen LogP contribution < -0.4 is 20.9 Å². The number of urea groups is 1. The summed E-state index contributed by atoms with van der Waals surface area (Å²) >= 11 is 0. The monoisotopic (exact) mass is 336 g/mol. The van der Waals surface area contributed by atoms with Crippen molar-refractivity contribution in [2.75, 3.05) is 37.6 Å². The Morgan fingerprint density at radius 2 is 2.00 bits per heavy atom. The van der Waals surface area contributed by atoms with E-state index in [1.165, 1.54) is 5.57 Å². The number of nitrogens with one attached hydrogen (secondary N) is 3. The van der Waals surface area contributed by atoms with Gasteiger partial charge in [-0.25, -0.2) is 4.79 Å². The number of rotatable bonds is 4. The fourth-order valence-corrected chi connectivity index (χ4v) is 2.64. The summed E-state index contributed by atoms with van der Waals surface area (Å²) in [5.41, 5.74) is 2.68. The number of hydrogen-bond acceptors (Lipinski definition) is 3. The first-order valence-electron chi connectivity index (χ1n) is 7.56. The number of benzene rings is 1. The van der Waals surface area contributed by atoms with Crippen molar-refractivity contribution < 1.29 is 9.59 Å². The summed E-state index contributed by atoms with van der Waals surface area (Å²) in [5.74, 6) is -0.0862. The third kappa shape index (κ3) is 4.24. The normalized spacial score (nSPS) is 17.1. The van der Waals surface area contributed by atoms with Crippen molar-refractivity contribution in [2.45, 2.75) is 6.42 Å². The van der Waals surface area contributed by atoms with Gasteiger partial charge in [-0.2, -0.15) is 0 Å². The Kier molecular flexibility index (Phi) is 6.01. The minimum Gasteiger partial charge on any atom is -0.348 e. The van der Waals surface area contributed by atoms with Gasteiger partial charge in [0, 0.05) is 37.4 Å². The SMILES string of the molecule is Cl.O=C(NCC1=CCNCC1)c1ccc(N2CCNC2=O)cc1. The van der Waals surface area contributed by atoms with Crippen molar-refractivity contribution in [1.29, 1.82) is 0 Å². The maximum Gasteiger partial charge on any atom is 0.321 e. The number of carbonyl (C=O) groups excluding carboxylic acids is 2. The minimum atomic E-state index is -0.0879. The maximum atomic E-state index is 12.1. The molecule has 0 saturated carbocycles. The highest BCUT2D eigenvalue weighted by Gasteiger charge is 2.21. The van der Waals surface area contributed by atoms with Gasteiger partial charge >= 0.3 is 6.03 Å². The molecule has 3 rings (SSSR count). The molecule has 6 nitrogen and oxygen atoms in total. The van der Waals surface area contributed by atoms with Crippen molar-refractivity contribution in [3.63, 3.8) is 0 Å². The summed E-state index contributed by atoms with van der Waals surface area (Å²) < 4.78 is 0. The second-order valence-electron chi connectivity index (χ2n) is 5.43. The summed E-state index contributed by atoms with van der Waals surface area (Å²) in [6, 6.07) is 7.04. The smallest absolute Gasteiger partial charge is 0.321 e. The Bertz CT molecular complexity index is 601. The van der Waals surface area contributed by atoms with E-state index >= 15 is 0 Å². The van der Waals surface area contributed by atoms with E-state index in [-0.39, 0.29) is 24.3 Å². The van der Waals surface area contributed by atoms with Gasteiger partial charge in [-0.3, -0.25) is 9.69 Å². The zero-order valence-corrected chi connectivity index (χ0v) is 13.6. The fourth-order valence-electron chi connectivity index (χ4n) is 2.64. The van der Waals surface area contributed by atoms with E-state index in [1.807, 2.05) is 12.1 Å². The summed E-state index contributed by atoms with van der Waals surface area (Å²) in [4.78, 5) is 25.4. The molecule has 23 heavy (non-hydrogen) atoms. The van der Waals surface area contributed by atoms with Crippen molar-refractivity contribution in [1.82, 2.24) is 16.0 Å². The fraction of sp³-hybridized carbons (Fsp3) is 0.375. The number of halogens is 1. The van der Waals surface area contributed by atoms with Crippen LogP contribution in [-0.2, 0) is 0 Å². The van der Waals surface area contributed by atoms with E-state index in [0.29, 0.717) is 25.2 Å². The topological polar surface area (TPSA) is 73.5 Å². The van der Waals surface area contributed by atoms with Crippen LogP contribution in [0.4, 0.5) is 10.5 Å². The highest BCUT2D eigenvalue weighted by atomic mass is 35.5. The van der Waals surface area contributed by atoms with Crippen LogP contribution in [0.5, 0.6) is 0 Å². The van der Waals surface area contributed by atoms with Crippen molar-refractivity contribution >= 4 is 30.0 Å². The van der Waals surface area contributed by atoms with Gasteiger partial charge in [-0.15, -0.1) is 12.4 Å². The van der Waals surface area contributed by atoms with Crippen LogP contribution in [0.25, 0.3) is 0 Å². The minimum absolute atomic E-state index is 0. The van der Waals surface area contributed by atoms with Crippen LogP contribution in [-0.4, -0.2) is 44.7 Å². The molecule has 0 unspecified atom stereocenters. The molecule has 1 fully saturated rings. The number of carbonyl (C=O) groups is 2. The Morgan fingerprint density at radius 1 is 1.22 bits per heavy atom. The molecule has 1 aromatic rings. The second-order valence-corrected chi connectivity index (χ2v) is 5.43. The second kappa shape index (κ2) is 7.99. The quantitative estimate of drug-likeness (QED) is 0.725. The van der Waals surface area contributed by atoms with E-state index in [4.69, 9.17) is 0 Å². The van der Waals surface area contributed by atoms with Crippen molar-refractivity contribution in [2.24, 2.45) is 0 Å². The first-order chi connectivity index (χ1) is 10.7. The average molecular weight is 337 g/mol. The predicted octanol–water partition coefficient (Wildman–Crippen LogP) is 1.29. The van der Waals surface area contributed by atoms with Crippen molar-refractivity contribution in [3.05, 3.63) is 41.5 Å². The Balaban J connectivity index is 0.00000192. The lowest BCUT2D eigenvalue weighted by atomic mass is 10.1. The highest BCUT2D eigenvalue weighted by molar-refractivity contribution is 5.97. The molecular weight excluding hydrogens is 316 g/mol. The van der Waals surface area contributed by atoms with Crippen molar-refractivity contribution in [3.8, 4) is 0 Å². The van der Waals surface area contributed by atoms with E-state index in [2.05, 4.69) is 22.0 Å². The van der Waals surface area contributed by atoms with E-state index in [1.54, 1.807) is 17.0 Å². The highest BCUT2D eigenvalue weighted by Crippen LogP contribution is 2.17. The number of nitrogens with zero attached hydrogens (tertiary/aromatic N) is 1. The lowest BCUT2D eigenvalue weighted by Gasteiger charge is -2.16. The van der Waals surface area contributed by atoms with Gasteiger partial charge in [0.05, 0.1) is 0 Å². The van der Waals surface area contributed by atoms with Crippen LogP contribution >= 0.6 is 12.4 Å². The lowest BCUT2D eigenvalue weighted by molar-refractivity contribution is 0.0956. The van der Waals surface area contributed by atoms with Crippen LogP contribution in [0, 0.1) is 0 Å². The molecule has 1 saturated heterocycles. The number of amides is 3. The van der Waals surface area contributed by atoms with Gasteiger partial charge in [0.15, 0.2) is 0 Å². The third-order valence-electron chi connectivity index (χ3n) is 3.93. The molecule has 3 amide bonds. The van der Waals surface area contributed by atoms with E-state index in [0.717, 1.165) is 25.2 Å². The largest absolute Gasteiger partial charge is 0.348 e. The molecule has 0 spiro atoms. The molecular formula is C16H21ClN4O2. The number of anilines is 1. The van der Waals surface area contributed by atoms with Gasteiger partial charge in [-0.1, -0.05) is 11.6 Å². The molecule has 1 aromatic carbocycles. The Labute approximate surface area is 141 Å². The lowest BCUT2D eigenvalue weighted by Crippen LogP contribution is -2.30. The van der Waals surface area contributed by atoms with Gasteiger partial charge in [0.2, 0.25) is 0 Å².